The van der Waals surface area contributed by atoms with Crippen LogP contribution in [0.1, 0.15) is 65.2 Å². The van der Waals surface area contributed by atoms with Crippen LogP contribution in [-0.4, -0.2) is 16.5 Å². The monoisotopic (exact) mass is 440 g/mol. The number of fused-ring (bicyclic) bond motifs is 5. The van der Waals surface area contributed by atoms with Crippen molar-refractivity contribution in [3.8, 4) is 0 Å². The first-order valence-electron chi connectivity index (χ1n) is 9.58. The maximum absolute atomic E-state index is 11.9. The van der Waals surface area contributed by atoms with E-state index in [1.165, 1.54) is 18.4 Å². The minimum Gasteiger partial charge on any atom is -0.385 e. The zero-order chi connectivity index (χ0) is 17.2. The van der Waals surface area contributed by atoms with Gasteiger partial charge in [0.1, 0.15) is 0 Å². The van der Waals surface area contributed by atoms with E-state index in [0.717, 1.165) is 44.4 Å². The van der Waals surface area contributed by atoms with Gasteiger partial charge in [0, 0.05) is 11.8 Å². The summed E-state index contributed by atoms with van der Waals surface area (Å²) in [6.45, 7) is 4.77. The summed E-state index contributed by atoms with van der Waals surface area (Å²) in [4.78, 5) is 11.9. The molecule has 4 rings (SSSR count). The number of carbonyl (C=O) groups excluding carboxylic acids is 1. The second-order valence-corrected chi connectivity index (χ2v) is 9.90. The van der Waals surface area contributed by atoms with Crippen LogP contribution in [0.3, 0.4) is 0 Å². The molecular formula is C21H29IO2. The Morgan fingerprint density at radius 1 is 1.12 bits per heavy atom. The van der Waals surface area contributed by atoms with Crippen LogP contribution in [-0.2, 0) is 4.79 Å². The first-order chi connectivity index (χ1) is 11.3. The topological polar surface area (TPSA) is 37.3 Å². The molecule has 0 radical (unpaired) electrons. The highest BCUT2D eigenvalue weighted by Crippen LogP contribution is 2.67. The molecule has 0 amide bonds. The highest BCUT2D eigenvalue weighted by molar-refractivity contribution is 14.1. The Morgan fingerprint density at radius 2 is 1.88 bits per heavy atom. The van der Waals surface area contributed by atoms with Gasteiger partial charge in [0.25, 0.3) is 0 Å². The maximum Gasteiger partial charge on any atom is 0.155 e. The van der Waals surface area contributed by atoms with E-state index in [0.29, 0.717) is 17.6 Å². The van der Waals surface area contributed by atoms with Crippen molar-refractivity contribution >= 4 is 28.4 Å². The third-order valence-electron chi connectivity index (χ3n) is 8.52. The number of hydrogen-bond acceptors (Lipinski definition) is 2. The maximum atomic E-state index is 11.9. The van der Waals surface area contributed by atoms with Crippen LogP contribution in [0.15, 0.2) is 21.8 Å². The average Bonchev–Trinajstić information content (AvgIpc) is 2.80. The zero-order valence-electron chi connectivity index (χ0n) is 14.9. The van der Waals surface area contributed by atoms with Gasteiger partial charge in [-0.3, -0.25) is 4.79 Å². The molecule has 1 N–H and O–H groups in total. The molecule has 0 aromatic heterocycles. The number of ketones is 1. The van der Waals surface area contributed by atoms with E-state index in [1.807, 2.05) is 10.2 Å². The zero-order valence-corrected chi connectivity index (χ0v) is 17.0. The van der Waals surface area contributed by atoms with Crippen LogP contribution in [0.2, 0.25) is 0 Å². The fourth-order valence-corrected chi connectivity index (χ4v) is 7.58. The quantitative estimate of drug-likeness (QED) is 0.570. The second kappa shape index (κ2) is 5.67. The van der Waals surface area contributed by atoms with Gasteiger partial charge in [-0.25, -0.2) is 0 Å². The summed E-state index contributed by atoms with van der Waals surface area (Å²) >= 11 is 2.24. The molecule has 132 valence electrons. The first-order valence-corrected chi connectivity index (χ1v) is 10.8. The molecule has 0 saturated heterocycles. The van der Waals surface area contributed by atoms with Crippen LogP contribution in [0, 0.1) is 28.6 Å². The van der Waals surface area contributed by atoms with Crippen LogP contribution >= 0.6 is 22.6 Å². The molecular weight excluding hydrogens is 411 g/mol. The number of rotatable bonds is 1. The summed E-state index contributed by atoms with van der Waals surface area (Å²) in [6, 6.07) is 0. The number of halogens is 1. The summed E-state index contributed by atoms with van der Waals surface area (Å²) in [5.74, 6) is 2.39. The lowest BCUT2D eigenvalue weighted by atomic mass is 9.46. The van der Waals surface area contributed by atoms with E-state index in [1.54, 1.807) is 0 Å². The Kier molecular flexibility index (Phi) is 4.08. The molecule has 0 aromatic carbocycles. The first kappa shape index (κ1) is 17.3. The summed E-state index contributed by atoms with van der Waals surface area (Å²) in [5.41, 5.74) is 1.07. The Balaban J connectivity index is 1.68. The normalized spacial score (nSPS) is 51.1. The van der Waals surface area contributed by atoms with Crippen molar-refractivity contribution in [2.45, 2.75) is 70.8 Å². The Labute approximate surface area is 159 Å². The number of aliphatic hydroxyl groups is 1. The van der Waals surface area contributed by atoms with Crippen molar-refractivity contribution in [1.29, 1.82) is 0 Å². The van der Waals surface area contributed by atoms with E-state index in [-0.39, 0.29) is 10.8 Å². The molecule has 3 fully saturated rings. The summed E-state index contributed by atoms with van der Waals surface area (Å²) in [6.07, 6.45) is 12.5. The van der Waals surface area contributed by atoms with Crippen molar-refractivity contribution in [2.24, 2.45) is 28.6 Å². The van der Waals surface area contributed by atoms with Gasteiger partial charge in [-0.2, -0.15) is 0 Å². The average molecular weight is 440 g/mol. The van der Waals surface area contributed by atoms with Crippen molar-refractivity contribution in [3.05, 3.63) is 21.8 Å². The Bertz CT molecular complexity index is 623. The number of carbonyl (C=O) groups is 1. The fraction of sp³-hybridized carbons (Fsp3) is 0.762. The van der Waals surface area contributed by atoms with Gasteiger partial charge in [-0.1, -0.05) is 42.0 Å². The van der Waals surface area contributed by atoms with E-state index in [4.69, 9.17) is 0 Å². The molecule has 0 spiro atoms. The number of hydrogen-bond donors (Lipinski definition) is 1. The molecule has 0 aromatic rings. The molecule has 2 nitrogen and oxygen atoms in total. The van der Waals surface area contributed by atoms with Crippen LogP contribution in [0.5, 0.6) is 0 Å². The van der Waals surface area contributed by atoms with Crippen LogP contribution < -0.4 is 0 Å². The lowest BCUT2D eigenvalue weighted by Gasteiger charge is -2.58. The standard InChI is InChI=1S/C21H29IO2/c1-19-8-5-15(23)13-14(19)3-4-16-17(19)6-9-20(2)18(16)7-10-21(20,24)11-12-22/h11-13,16-18,24H,3-10H2,1-2H3/b12-11+/t16-,17+,18+,19+,20+,21-/m1/s1. The SMILES string of the molecule is C[C@]12CCC(=O)C=C1CC[C@@H]1[C@@H]2CC[C@@]2(C)[C@H]1CC[C@@]2(O)/C=C/I. The Hall–Kier alpha value is -0.160. The molecule has 0 unspecified atom stereocenters. The van der Waals surface area contributed by atoms with E-state index >= 15 is 0 Å². The summed E-state index contributed by atoms with van der Waals surface area (Å²) in [5, 5.41) is 11.3. The Morgan fingerprint density at radius 3 is 2.62 bits per heavy atom. The highest BCUT2D eigenvalue weighted by atomic mass is 127. The van der Waals surface area contributed by atoms with Crippen molar-refractivity contribution in [1.82, 2.24) is 0 Å². The fourth-order valence-electron chi connectivity index (χ4n) is 6.99. The van der Waals surface area contributed by atoms with Crippen molar-refractivity contribution in [2.75, 3.05) is 0 Å². The number of allylic oxidation sites excluding steroid dienone is 1. The van der Waals surface area contributed by atoms with Gasteiger partial charge in [0.15, 0.2) is 5.78 Å². The molecule has 6 atom stereocenters. The van der Waals surface area contributed by atoms with E-state index in [2.05, 4.69) is 42.5 Å². The minimum absolute atomic E-state index is 0.0257. The van der Waals surface area contributed by atoms with Gasteiger partial charge in [0.2, 0.25) is 0 Å². The van der Waals surface area contributed by atoms with Crippen LogP contribution in [0.4, 0.5) is 0 Å². The lowest BCUT2D eigenvalue weighted by molar-refractivity contribution is -0.120. The summed E-state index contributed by atoms with van der Waals surface area (Å²) < 4.78 is 2.01. The van der Waals surface area contributed by atoms with Gasteiger partial charge in [0.05, 0.1) is 5.60 Å². The van der Waals surface area contributed by atoms with Crippen molar-refractivity contribution < 1.29 is 9.90 Å². The second-order valence-electron chi connectivity index (χ2n) is 9.18. The summed E-state index contributed by atoms with van der Waals surface area (Å²) in [7, 11) is 0. The van der Waals surface area contributed by atoms with Gasteiger partial charge >= 0.3 is 0 Å². The largest absolute Gasteiger partial charge is 0.385 e. The third-order valence-corrected chi connectivity index (χ3v) is 8.88. The van der Waals surface area contributed by atoms with Gasteiger partial charge in [-0.05, 0) is 84.3 Å². The third kappa shape index (κ3) is 2.19. The van der Waals surface area contributed by atoms with E-state index in [9.17, 15) is 9.90 Å². The molecule has 0 heterocycles. The van der Waals surface area contributed by atoms with Crippen molar-refractivity contribution in [3.63, 3.8) is 0 Å². The van der Waals surface area contributed by atoms with E-state index < -0.39 is 5.60 Å². The smallest absolute Gasteiger partial charge is 0.155 e. The molecule has 0 aliphatic heterocycles. The molecule has 4 aliphatic rings. The van der Waals surface area contributed by atoms with Gasteiger partial charge in [-0.15, -0.1) is 0 Å². The van der Waals surface area contributed by atoms with Crippen LogP contribution in [0.25, 0.3) is 0 Å². The predicted molar refractivity (Wildman–Crippen MR) is 105 cm³/mol. The molecule has 3 heteroatoms. The molecule has 3 saturated carbocycles. The minimum atomic E-state index is -0.622. The molecule has 4 aliphatic carbocycles. The lowest BCUT2D eigenvalue weighted by Crippen LogP contribution is -2.54. The highest BCUT2D eigenvalue weighted by Gasteiger charge is 2.63. The predicted octanol–water partition coefficient (Wildman–Crippen LogP) is 5.20. The molecule has 24 heavy (non-hydrogen) atoms. The molecule has 0 bridgehead atoms. The van der Waals surface area contributed by atoms with Gasteiger partial charge < -0.3 is 5.11 Å².